The van der Waals surface area contributed by atoms with Crippen LogP contribution in [0.1, 0.15) is 61.0 Å². The molecule has 1 saturated heterocycles. The van der Waals surface area contributed by atoms with Gasteiger partial charge in [0, 0.05) is 17.1 Å². The lowest BCUT2D eigenvalue weighted by Gasteiger charge is -2.57. The molecule has 1 aliphatic heterocycles. The van der Waals surface area contributed by atoms with Crippen LogP contribution in [-0.4, -0.2) is 22.4 Å². The van der Waals surface area contributed by atoms with Gasteiger partial charge in [0.1, 0.15) is 11.4 Å². The van der Waals surface area contributed by atoms with Gasteiger partial charge in [0.25, 0.3) is 11.8 Å². The summed E-state index contributed by atoms with van der Waals surface area (Å²) in [7, 11) is 0. The first-order valence-electron chi connectivity index (χ1n) is 14.2. The summed E-state index contributed by atoms with van der Waals surface area (Å²) in [5.41, 5.74) is 4.97. The van der Waals surface area contributed by atoms with E-state index in [1.54, 1.807) is 12.1 Å². The van der Waals surface area contributed by atoms with Gasteiger partial charge in [-0.15, -0.1) is 0 Å². The van der Waals surface area contributed by atoms with Gasteiger partial charge in [-0.1, -0.05) is 12.1 Å². The van der Waals surface area contributed by atoms with Crippen molar-refractivity contribution in [1.29, 1.82) is 0 Å². The fourth-order valence-corrected chi connectivity index (χ4v) is 8.40. The summed E-state index contributed by atoms with van der Waals surface area (Å²) in [4.78, 5) is 40.3. The van der Waals surface area contributed by atoms with Crippen molar-refractivity contribution in [3.8, 4) is 5.69 Å². The van der Waals surface area contributed by atoms with Crippen molar-refractivity contribution < 1.29 is 18.8 Å². The highest BCUT2D eigenvalue weighted by atomic mass is 19.1. The van der Waals surface area contributed by atoms with Crippen LogP contribution in [0.2, 0.25) is 0 Å². The Hall–Kier alpha value is -4.00. The van der Waals surface area contributed by atoms with Crippen LogP contribution < -0.4 is 10.2 Å². The van der Waals surface area contributed by atoms with Gasteiger partial charge in [-0.2, -0.15) is 0 Å². The van der Waals surface area contributed by atoms with Crippen molar-refractivity contribution in [2.24, 2.45) is 17.8 Å². The summed E-state index contributed by atoms with van der Waals surface area (Å²) in [6, 6.07) is 15.1. The normalized spacial score (nSPS) is 28.5. The van der Waals surface area contributed by atoms with Crippen LogP contribution >= 0.6 is 0 Å². The first-order chi connectivity index (χ1) is 19.2. The number of urea groups is 1. The maximum atomic E-state index is 13.6. The molecule has 8 rings (SSSR count). The third-order valence-electron chi connectivity index (χ3n) is 9.73. The maximum absolute atomic E-state index is 13.6. The molecule has 4 amide bonds. The summed E-state index contributed by atoms with van der Waals surface area (Å²) in [6.45, 7) is 3.78. The molecular weight excluding hydrogens is 505 g/mol. The summed E-state index contributed by atoms with van der Waals surface area (Å²) in [6.07, 6.45) is 9.35. The first-order valence-corrected chi connectivity index (χ1v) is 14.2. The van der Waals surface area contributed by atoms with Crippen molar-refractivity contribution in [3.63, 3.8) is 0 Å². The molecule has 2 aromatic carbocycles. The van der Waals surface area contributed by atoms with Gasteiger partial charge in [-0.3, -0.25) is 14.9 Å². The lowest BCUT2D eigenvalue weighted by Crippen LogP contribution is -2.54. The number of hydrogen-bond acceptors (Lipinski definition) is 3. The van der Waals surface area contributed by atoms with E-state index in [1.165, 1.54) is 62.3 Å². The van der Waals surface area contributed by atoms with Crippen LogP contribution in [0.15, 0.2) is 60.2 Å². The molecule has 0 unspecified atom stereocenters. The quantitative estimate of drug-likeness (QED) is 0.311. The summed E-state index contributed by atoms with van der Waals surface area (Å²) < 4.78 is 15.4. The number of aryl methyl sites for hydroxylation is 1. The van der Waals surface area contributed by atoms with Crippen LogP contribution in [0.3, 0.4) is 0 Å². The number of anilines is 1. The first kappa shape index (κ1) is 25.0. The van der Waals surface area contributed by atoms with E-state index in [0.29, 0.717) is 11.3 Å². The third kappa shape index (κ3) is 3.94. The van der Waals surface area contributed by atoms with Gasteiger partial charge in [-0.05, 0) is 135 Å². The second-order valence-electron chi connectivity index (χ2n) is 12.3. The van der Waals surface area contributed by atoms with E-state index >= 15 is 0 Å². The number of nitrogens with zero attached hydrogens (tertiary/aromatic N) is 2. The summed E-state index contributed by atoms with van der Waals surface area (Å²) in [5, 5.41) is 2.34. The SMILES string of the molecule is Cc1cc(/C=C2\C(=O)NC(=O)N(c3ccc(C45CC6CC(CC(C6)C4)C5)cc3)C2=O)c(C)n1-c1ccc(F)cc1. The lowest BCUT2D eigenvalue weighted by atomic mass is 9.48. The molecule has 5 aliphatic rings. The molecule has 0 spiro atoms. The number of barbiturate groups is 1. The van der Waals surface area contributed by atoms with Crippen LogP contribution in [0, 0.1) is 37.4 Å². The van der Waals surface area contributed by atoms with Crippen LogP contribution in [0.25, 0.3) is 11.8 Å². The molecule has 1 N–H and O–H groups in total. The molecule has 1 aromatic heterocycles. The molecule has 6 nitrogen and oxygen atoms in total. The van der Waals surface area contributed by atoms with Crippen LogP contribution in [0.5, 0.6) is 0 Å². The number of carbonyl (C=O) groups is 3. The fourth-order valence-electron chi connectivity index (χ4n) is 8.40. The smallest absolute Gasteiger partial charge is 0.318 e. The molecule has 4 saturated carbocycles. The minimum absolute atomic E-state index is 0.107. The molecule has 4 aliphatic carbocycles. The molecule has 3 aromatic rings. The number of halogens is 1. The van der Waals surface area contributed by atoms with E-state index < -0.39 is 17.8 Å². The Bertz CT molecular complexity index is 1550. The number of aromatic nitrogens is 1. The Labute approximate surface area is 232 Å². The molecule has 204 valence electrons. The standard InChI is InChI=1S/C33H32FN3O3/c1-19-11-24(20(2)36(19)27-9-5-26(34)6-10-27)15-29-30(38)35-32(40)37(31(29)39)28-7-3-25(4-8-28)33-16-21-12-22(17-33)14-23(13-21)18-33/h3-11,15,21-23H,12-14,16-18H2,1-2H3,(H,35,38,40)/b29-15+. The molecule has 5 fully saturated rings. The van der Waals surface area contributed by atoms with E-state index in [0.717, 1.165) is 39.7 Å². The summed E-state index contributed by atoms with van der Waals surface area (Å²) >= 11 is 0. The van der Waals surface area contributed by atoms with Crippen LogP contribution in [0.4, 0.5) is 14.9 Å². The Balaban J connectivity index is 1.19. The van der Waals surface area contributed by atoms with E-state index in [-0.39, 0.29) is 16.8 Å². The number of nitrogens with one attached hydrogen (secondary N) is 1. The maximum Gasteiger partial charge on any atom is 0.335 e. The van der Waals surface area contributed by atoms with Gasteiger partial charge in [0.15, 0.2) is 0 Å². The number of benzene rings is 2. The van der Waals surface area contributed by atoms with Gasteiger partial charge < -0.3 is 4.57 Å². The molecule has 0 atom stereocenters. The molecule has 0 radical (unpaired) electrons. The Morgan fingerprint density at radius 3 is 2.02 bits per heavy atom. The topological polar surface area (TPSA) is 71.4 Å². The van der Waals surface area contributed by atoms with E-state index in [1.807, 2.05) is 36.6 Å². The number of imide groups is 2. The largest absolute Gasteiger partial charge is 0.335 e. The second-order valence-corrected chi connectivity index (χ2v) is 12.3. The fraction of sp³-hybridized carbons (Fsp3) is 0.364. The van der Waals surface area contributed by atoms with Crippen molar-refractivity contribution in [2.45, 2.75) is 57.8 Å². The zero-order valence-electron chi connectivity index (χ0n) is 22.7. The average molecular weight is 538 g/mol. The predicted octanol–water partition coefficient (Wildman–Crippen LogP) is 6.37. The Morgan fingerprint density at radius 2 is 1.43 bits per heavy atom. The summed E-state index contributed by atoms with van der Waals surface area (Å²) in [5.74, 6) is 0.775. The van der Waals surface area contributed by atoms with Crippen molar-refractivity contribution in [2.75, 3.05) is 4.90 Å². The lowest BCUT2D eigenvalue weighted by molar-refractivity contribution is -0.122. The predicted molar refractivity (Wildman–Crippen MR) is 150 cm³/mol. The third-order valence-corrected chi connectivity index (χ3v) is 9.73. The van der Waals surface area contributed by atoms with Crippen molar-refractivity contribution in [1.82, 2.24) is 9.88 Å². The zero-order valence-corrected chi connectivity index (χ0v) is 22.7. The highest BCUT2D eigenvalue weighted by Crippen LogP contribution is 2.60. The number of rotatable bonds is 4. The van der Waals surface area contributed by atoms with Gasteiger partial charge in [0.2, 0.25) is 0 Å². The Morgan fingerprint density at radius 1 is 0.850 bits per heavy atom. The molecular formula is C33H32FN3O3. The monoisotopic (exact) mass is 537 g/mol. The van der Waals surface area contributed by atoms with Crippen molar-refractivity contribution >= 4 is 29.6 Å². The van der Waals surface area contributed by atoms with E-state index in [9.17, 15) is 18.8 Å². The second kappa shape index (κ2) is 9.01. The highest BCUT2D eigenvalue weighted by molar-refractivity contribution is 6.39. The molecule has 40 heavy (non-hydrogen) atoms. The zero-order chi connectivity index (χ0) is 27.8. The van der Waals surface area contributed by atoms with Crippen LogP contribution in [-0.2, 0) is 15.0 Å². The number of hydrogen-bond donors (Lipinski definition) is 1. The number of carbonyl (C=O) groups excluding carboxylic acids is 3. The molecule has 7 heteroatoms. The average Bonchev–Trinajstić information content (AvgIpc) is 3.19. The van der Waals surface area contributed by atoms with Crippen molar-refractivity contribution in [3.05, 3.63) is 88.5 Å². The molecule has 4 bridgehead atoms. The highest BCUT2D eigenvalue weighted by Gasteiger charge is 2.51. The van der Waals surface area contributed by atoms with Gasteiger partial charge in [-0.25, -0.2) is 14.1 Å². The molecule has 2 heterocycles. The minimum atomic E-state index is -0.744. The van der Waals surface area contributed by atoms with E-state index in [4.69, 9.17) is 0 Å². The number of amides is 4. The Kier molecular flexibility index (Phi) is 5.63. The van der Waals surface area contributed by atoms with Gasteiger partial charge >= 0.3 is 6.03 Å². The van der Waals surface area contributed by atoms with Gasteiger partial charge in [0.05, 0.1) is 5.69 Å². The minimum Gasteiger partial charge on any atom is -0.318 e. The van der Waals surface area contributed by atoms with E-state index in [2.05, 4.69) is 17.4 Å².